The van der Waals surface area contributed by atoms with Crippen molar-refractivity contribution in [2.45, 2.75) is 58.8 Å². The van der Waals surface area contributed by atoms with Crippen molar-refractivity contribution >= 4 is 23.2 Å². The summed E-state index contributed by atoms with van der Waals surface area (Å²) in [6.07, 6.45) is 2.59. The summed E-state index contributed by atoms with van der Waals surface area (Å²) < 4.78 is 0. The van der Waals surface area contributed by atoms with Gasteiger partial charge in [0.15, 0.2) is 0 Å². The first-order chi connectivity index (χ1) is 13.4. The maximum atomic E-state index is 12.9. The van der Waals surface area contributed by atoms with Crippen LogP contribution in [0.25, 0.3) is 0 Å². The molecule has 148 valence electrons. The zero-order valence-corrected chi connectivity index (χ0v) is 17.3. The summed E-state index contributed by atoms with van der Waals surface area (Å²) in [6, 6.07) is 13.6. The summed E-state index contributed by atoms with van der Waals surface area (Å²) in [4.78, 5) is 26.8. The van der Waals surface area contributed by atoms with E-state index in [9.17, 15) is 9.59 Å². The highest BCUT2D eigenvalue weighted by Crippen LogP contribution is 2.33. The van der Waals surface area contributed by atoms with Gasteiger partial charge < -0.3 is 10.2 Å². The van der Waals surface area contributed by atoms with Crippen LogP contribution >= 0.6 is 0 Å². The third kappa shape index (κ3) is 4.27. The third-order valence-corrected chi connectivity index (χ3v) is 5.38. The van der Waals surface area contributed by atoms with E-state index in [0.29, 0.717) is 23.8 Å². The minimum absolute atomic E-state index is 0.119. The van der Waals surface area contributed by atoms with Crippen molar-refractivity contribution in [3.05, 3.63) is 59.2 Å². The van der Waals surface area contributed by atoms with Crippen LogP contribution in [-0.2, 0) is 4.79 Å². The molecule has 0 radical (unpaired) electrons. The second-order valence-electron chi connectivity index (χ2n) is 8.12. The summed E-state index contributed by atoms with van der Waals surface area (Å²) in [5, 5.41) is 3.15. The lowest BCUT2D eigenvalue weighted by Gasteiger charge is -2.26. The van der Waals surface area contributed by atoms with Gasteiger partial charge in [0.1, 0.15) is 0 Å². The summed E-state index contributed by atoms with van der Waals surface area (Å²) in [5.41, 5.74) is 4.69. The SMILES string of the molecule is CC(C)c1cccc(C(C)C)c1NC(=O)c1ccc(N2CCCCC2=O)cc1. The predicted octanol–water partition coefficient (Wildman–Crippen LogP) is 5.70. The lowest BCUT2D eigenvalue weighted by molar-refractivity contribution is -0.119. The van der Waals surface area contributed by atoms with Crippen molar-refractivity contribution in [3.8, 4) is 0 Å². The molecule has 0 unspecified atom stereocenters. The minimum atomic E-state index is -0.119. The number of anilines is 2. The summed E-state index contributed by atoms with van der Waals surface area (Å²) in [7, 11) is 0. The number of amides is 2. The Morgan fingerprint density at radius 2 is 1.54 bits per heavy atom. The number of carbonyl (C=O) groups is 2. The predicted molar refractivity (Wildman–Crippen MR) is 115 cm³/mol. The molecule has 1 saturated heterocycles. The number of hydrogen-bond acceptors (Lipinski definition) is 2. The standard InChI is InChI=1S/C24H30N2O2/c1-16(2)20-8-7-9-21(17(3)4)23(20)25-24(28)18-11-13-19(14-12-18)26-15-6-5-10-22(26)27/h7-9,11-14,16-17H,5-6,10,15H2,1-4H3,(H,25,28). The van der Waals surface area contributed by atoms with Crippen LogP contribution in [0.5, 0.6) is 0 Å². The number of nitrogens with one attached hydrogen (secondary N) is 1. The Morgan fingerprint density at radius 1 is 0.929 bits per heavy atom. The summed E-state index contributed by atoms with van der Waals surface area (Å²) in [6.45, 7) is 9.31. The number of benzene rings is 2. The van der Waals surface area contributed by atoms with Crippen LogP contribution in [0.15, 0.2) is 42.5 Å². The monoisotopic (exact) mass is 378 g/mol. The quantitative estimate of drug-likeness (QED) is 0.725. The van der Waals surface area contributed by atoms with Crippen molar-refractivity contribution in [1.82, 2.24) is 0 Å². The van der Waals surface area contributed by atoms with Gasteiger partial charge in [0.25, 0.3) is 5.91 Å². The van der Waals surface area contributed by atoms with Crippen molar-refractivity contribution in [1.29, 1.82) is 0 Å². The Bertz CT molecular complexity index is 827. The van der Waals surface area contributed by atoms with E-state index < -0.39 is 0 Å². The van der Waals surface area contributed by atoms with Gasteiger partial charge >= 0.3 is 0 Å². The Balaban J connectivity index is 1.83. The van der Waals surface area contributed by atoms with Crippen LogP contribution in [0.3, 0.4) is 0 Å². The molecule has 3 rings (SSSR count). The fourth-order valence-electron chi connectivity index (χ4n) is 3.75. The average Bonchev–Trinajstić information content (AvgIpc) is 2.68. The molecule has 1 fully saturated rings. The largest absolute Gasteiger partial charge is 0.321 e. The highest BCUT2D eigenvalue weighted by Gasteiger charge is 2.20. The van der Waals surface area contributed by atoms with E-state index in [1.54, 1.807) is 12.1 Å². The number of hydrogen-bond donors (Lipinski definition) is 1. The number of piperidine rings is 1. The van der Waals surface area contributed by atoms with E-state index in [1.807, 2.05) is 17.0 Å². The molecule has 1 heterocycles. The fourth-order valence-corrected chi connectivity index (χ4v) is 3.75. The molecule has 2 aromatic rings. The van der Waals surface area contributed by atoms with E-state index in [4.69, 9.17) is 0 Å². The Morgan fingerprint density at radius 3 is 2.07 bits per heavy atom. The molecule has 0 aliphatic carbocycles. The van der Waals surface area contributed by atoms with Crippen molar-refractivity contribution < 1.29 is 9.59 Å². The summed E-state index contributed by atoms with van der Waals surface area (Å²) in [5.74, 6) is 0.686. The molecule has 0 spiro atoms. The van der Waals surface area contributed by atoms with Crippen LogP contribution < -0.4 is 10.2 Å². The van der Waals surface area contributed by atoms with Gasteiger partial charge in [0.05, 0.1) is 0 Å². The molecule has 1 aliphatic rings. The first-order valence-corrected chi connectivity index (χ1v) is 10.2. The van der Waals surface area contributed by atoms with Crippen LogP contribution in [0.1, 0.15) is 80.3 Å². The third-order valence-electron chi connectivity index (χ3n) is 5.38. The van der Waals surface area contributed by atoms with Crippen LogP contribution in [0, 0.1) is 0 Å². The number of carbonyl (C=O) groups excluding carboxylic acids is 2. The van der Waals surface area contributed by atoms with Crippen molar-refractivity contribution in [3.63, 3.8) is 0 Å². The van der Waals surface area contributed by atoms with Gasteiger partial charge in [0, 0.05) is 29.9 Å². The lowest BCUT2D eigenvalue weighted by atomic mass is 9.92. The molecule has 1 N–H and O–H groups in total. The molecule has 0 bridgehead atoms. The normalized spacial score (nSPS) is 14.6. The fraction of sp³-hybridized carbons (Fsp3) is 0.417. The number of nitrogens with zero attached hydrogens (tertiary/aromatic N) is 1. The highest BCUT2D eigenvalue weighted by molar-refractivity contribution is 6.05. The number of para-hydroxylation sites is 1. The average molecular weight is 379 g/mol. The van der Waals surface area contributed by atoms with E-state index in [1.165, 1.54) is 0 Å². The molecule has 0 atom stereocenters. The van der Waals surface area contributed by atoms with Crippen LogP contribution in [0.4, 0.5) is 11.4 Å². The highest BCUT2D eigenvalue weighted by atomic mass is 16.2. The Labute approximate surface area is 167 Å². The zero-order chi connectivity index (χ0) is 20.3. The van der Waals surface area contributed by atoms with E-state index in [-0.39, 0.29) is 11.8 Å². The number of rotatable bonds is 5. The van der Waals surface area contributed by atoms with Crippen LogP contribution in [-0.4, -0.2) is 18.4 Å². The molecular weight excluding hydrogens is 348 g/mol. The first kappa shape index (κ1) is 20.1. The Hall–Kier alpha value is -2.62. The second kappa shape index (κ2) is 8.59. The molecular formula is C24H30N2O2. The maximum Gasteiger partial charge on any atom is 0.255 e. The lowest BCUT2D eigenvalue weighted by Crippen LogP contribution is -2.35. The van der Waals surface area contributed by atoms with Gasteiger partial charge in [-0.25, -0.2) is 0 Å². The van der Waals surface area contributed by atoms with Crippen molar-refractivity contribution in [2.75, 3.05) is 16.8 Å². The van der Waals surface area contributed by atoms with Gasteiger partial charge in [0.2, 0.25) is 5.91 Å². The van der Waals surface area contributed by atoms with Gasteiger partial charge in [-0.1, -0.05) is 45.9 Å². The molecule has 28 heavy (non-hydrogen) atoms. The van der Waals surface area contributed by atoms with Gasteiger partial charge in [-0.3, -0.25) is 9.59 Å². The van der Waals surface area contributed by atoms with Crippen molar-refractivity contribution in [2.24, 2.45) is 0 Å². The first-order valence-electron chi connectivity index (χ1n) is 10.2. The van der Waals surface area contributed by atoms with Gasteiger partial charge in [-0.05, 0) is 60.1 Å². The molecule has 4 nitrogen and oxygen atoms in total. The molecule has 0 aromatic heterocycles. The van der Waals surface area contributed by atoms with Gasteiger partial charge in [-0.2, -0.15) is 0 Å². The Kier molecular flexibility index (Phi) is 6.18. The molecule has 2 aromatic carbocycles. The van der Waals surface area contributed by atoms with E-state index in [2.05, 4.69) is 51.2 Å². The molecule has 4 heteroatoms. The molecule has 1 aliphatic heterocycles. The summed E-state index contributed by atoms with van der Waals surface area (Å²) >= 11 is 0. The van der Waals surface area contributed by atoms with E-state index in [0.717, 1.165) is 41.9 Å². The van der Waals surface area contributed by atoms with Gasteiger partial charge in [-0.15, -0.1) is 0 Å². The van der Waals surface area contributed by atoms with Crippen LogP contribution in [0.2, 0.25) is 0 Å². The molecule has 2 amide bonds. The zero-order valence-electron chi connectivity index (χ0n) is 17.3. The topological polar surface area (TPSA) is 49.4 Å². The second-order valence-corrected chi connectivity index (χ2v) is 8.12. The smallest absolute Gasteiger partial charge is 0.255 e. The van der Waals surface area contributed by atoms with E-state index >= 15 is 0 Å². The maximum absolute atomic E-state index is 12.9. The minimum Gasteiger partial charge on any atom is -0.321 e. The molecule has 0 saturated carbocycles.